The molecule has 0 heterocycles. The van der Waals surface area contributed by atoms with Gasteiger partial charge < -0.3 is 4.74 Å². The molecular formula is C25H23NO6S. The summed E-state index contributed by atoms with van der Waals surface area (Å²) < 4.78 is 37.0. The van der Waals surface area contributed by atoms with Crippen LogP contribution in [0, 0.1) is 10.1 Å². The van der Waals surface area contributed by atoms with Crippen molar-refractivity contribution in [3.05, 3.63) is 112 Å². The van der Waals surface area contributed by atoms with Crippen molar-refractivity contribution >= 4 is 26.6 Å². The van der Waals surface area contributed by atoms with Gasteiger partial charge in [0.1, 0.15) is 10.6 Å². The number of hydrogen-bond acceptors (Lipinski definition) is 5. The first kappa shape index (κ1) is 23.9. The van der Waals surface area contributed by atoms with Gasteiger partial charge in [0.2, 0.25) is 0 Å². The maximum Gasteiger partial charge on any atom is 0.295 e. The summed E-state index contributed by atoms with van der Waals surface area (Å²) in [6.07, 6.45) is 0.804. The van der Waals surface area contributed by atoms with E-state index in [1.807, 2.05) is 37.3 Å². The Kier molecular flexibility index (Phi) is 7.76. The quantitative estimate of drug-likeness (QED) is 0.223. The van der Waals surface area contributed by atoms with E-state index in [9.17, 15) is 18.5 Å². The lowest BCUT2D eigenvalue weighted by Crippen LogP contribution is -2.00. The number of hydrogen-bond donors (Lipinski definition) is 1. The third-order valence-corrected chi connectivity index (χ3v) is 5.73. The summed E-state index contributed by atoms with van der Waals surface area (Å²) in [7, 11) is -4.22. The normalized spacial score (nSPS) is 10.8. The monoisotopic (exact) mass is 465 g/mol. The highest BCUT2D eigenvalue weighted by Gasteiger charge is 2.15. The van der Waals surface area contributed by atoms with Crippen LogP contribution in [-0.4, -0.2) is 24.5 Å². The van der Waals surface area contributed by atoms with E-state index in [-0.39, 0.29) is 15.5 Å². The van der Waals surface area contributed by atoms with Gasteiger partial charge >= 0.3 is 0 Å². The van der Waals surface area contributed by atoms with E-state index in [1.165, 1.54) is 23.8 Å². The van der Waals surface area contributed by atoms with Crippen molar-refractivity contribution in [3.63, 3.8) is 0 Å². The van der Waals surface area contributed by atoms with Crippen LogP contribution in [-0.2, 0) is 16.5 Å². The summed E-state index contributed by atoms with van der Waals surface area (Å²) in [6.45, 7) is 2.35. The van der Waals surface area contributed by atoms with E-state index in [2.05, 4.69) is 0 Å². The lowest BCUT2D eigenvalue weighted by molar-refractivity contribution is -0.384. The van der Waals surface area contributed by atoms with Crippen LogP contribution < -0.4 is 4.74 Å². The van der Waals surface area contributed by atoms with Crippen molar-refractivity contribution in [1.82, 2.24) is 0 Å². The molecule has 0 aliphatic heterocycles. The van der Waals surface area contributed by atoms with Crippen LogP contribution >= 0.6 is 0 Å². The summed E-state index contributed by atoms with van der Waals surface area (Å²) in [5.41, 5.74) is 2.42. The molecule has 0 aliphatic rings. The van der Waals surface area contributed by atoms with Gasteiger partial charge in [0, 0.05) is 22.9 Å². The zero-order valence-electron chi connectivity index (χ0n) is 17.9. The van der Waals surface area contributed by atoms with E-state index < -0.39 is 10.1 Å². The van der Waals surface area contributed by atoms with Crippen molar-refractivity contribution in [2.24, 2.45) is 0 Å². The summed E-state index contributed by atoms with van der Waals surface area (Å²) in [4.78, 5) is 9.99. The predicted octanol–water partition coefficient (Wildman–Crippen LogP) is 5.67. The third kappa shape index (κ3) is 6.38. The molecular weight excluding hydrogens is 442 g/mol. The van der Waals surface area contributed by atoms with Gasteiger partial charge in [0.25, 0.3) is 15.8 Å². The minimum Gasteiger partial charge on any atom is -0.493 e. The lowest BCUT2D eigenvalue weighted by Gasteiger charge is -2.09. The first-order valence-electron chi connectivity index (χ1n) is 10.2. The van der Waals surface area contributed by atoms with Crippen molar-refractivity contribution in [2.75, 3.05) is 6.61 Å². The molecule has 4 rings (SSSR count). The third-order valence-electron chi connectivity index (χ3n) is 4.82. The molecule has 170 valence electrons. The molecule has 4 aromatic rings. The van der Waals surface area contributed by atoms with Crippen molar-refractivity contribution in [2.45, 2.75) is 18.2 Å². The number of rotatable bonds is 6. The van der Waals surface area contributed by atoms with Gasteiger partial charge in [-0.3, -0.25) is 14.7 Å². The highest BCUT2D eigenvalue weighted by molar-refractivity contribution is 7.86. The summed E-state index contributed by atoms with van der Waals surface area (Å²) in [5, 5.41) is 11.6. The second-order valence-corrected chi connectivity index (χ2v) is 8.49. The zero-order chi connectivity index (χ0) is 23.8. The highest BCUT2D eigenvalue weighted by Crippen LogP contribution is 2.30. The molecule has 0 bridgehead atoms. The maximum atomic E-state index is 11.2. The van der Waals surface area contributed by atoms with E-state index in [0.717, 1.165) is 12.0 Å². The maximum absolute atomic E-state index is 11.2. The molecule has 4 aromatic carbocycles. The minimum absolute atomic E-state index is 0.100. The largest absolute Gasteiger partial charge is 0.493 e. The summed E-state index contributed by atoms with van der Waals surface area (Å²) in [6, 6.07) is 26.5. The number of nitrogens with zero attached hydrogens (tertiary/aromatic N) is 1. The Morgan fingerprint density at radius 2 is 1.39 bits per heavy atom. The molecule has 0 aromatic heterocycles. The second-order valence-electron chi connectivity index (χ2n) is 7.10. The van der Waals surface area contributed by atoms with Crippen LogP contribution in [0.3, 0.4) is 0 Å². The molecule has 8 heteroatoms. The Bertz CT molecular complexity index is 1340. The van der Waals surface area contributed by atoms with Crippen LogP contribution in [0.2, 0.25) is 0 Å². The number of ether oxygens (including phenoxy) is 1. The van der Waals surface area contributed by atoms with Gasteiger partial charge in [-0.05, 0) is 36.6 Å². The average molecular weight is 466 g/mol. The number of nitro benzene ring substituents is 1. The molecule has 0 saturated heterocycles. The van der Waals surface area contributed by atoms with Crippen molar-refractivity contribution in [3.8, 4) is 5.75 Å². The van der Waals surface area contributed by atoms with E-state index in [0.29, 0.717) is 23.1 Å². The molecule has 0 fully saturated rings. The standard InChI is InChI=1S/C13H11NO2.C12H12O4S/c15-14(16)13-8-6-12(7-9-13)10-11-4-2-1-3-5-11;1-2-16-11-7-8-12(17(13,14)15)10-6-4-3-5-9(10)11/h1-9H,10H2;3-8H,2H2,1H3,(H,13,14,15). The molecule has 0 aliphatic carbocycles. The Labute approximate surface area is 192 Å². The first-order valence-corrected chi connectivity index (χ1v) is 11.6. The zero-order valence-corrected chi connectivity index (χ0v) is 18.7. The van der Waals surface area contributed by atoms with Gasteiger partial charge in [-0.2, -0.15) is 8.42 Å². The molecule has 0 spiro atoms. The van der Waals surface area contributed by atoms with Gasteiger partial charge in [-0.15, -0.1) is 0 Å². The Hall–Kier alpha value is -3.75. The second kappa shape index (κ2) is 10.7. The Balaban J connectivity index is 0.000000186. The fourth-order valence-corrected chi connectivity index (χ4v) is 4.01. The lowest BCUT2D eigenvalue weighted by atomic mass is 10.1. The predicted molar refractivity (Wildman–Crippen MR) is 127 cm³/mol. The van der Waals surface area contributed by atoms with Gasteiger partial charge in [-0.25, -0.2) is 0 Å². The fourth-order valence-electron chi connectivity index (χ4n) is 3.32. The Morgan fingerprint density at radius 1 is 0.818 bits per heavy atom. The van der Waals surface area contributed by atoms with E-state index >= 15 is 0 Å². The number of benzene rings is 4. The van der Waals surface area contributed by atoms with Gasteiger partial charge in [0.15, 0.2) is 0 Å². The first-order chi connectivity index (χ1) is 15.8. The fraction of sp³-hybridized carbons (Fsp3) is 0.120. The molecule has 0 saturated carbocycles. The molecule has 0 amide bonds. The highest BCUT2D eigenvalue weighted by atomic mass is 32.2. The van der Waals surface area contributed by atoms with E-state index in [4.69, 9.17) is 9.29 Å². The number of fused-ring (bicyclic) bond motifs is 1. The Morgan fingerprint density at radius 3 is 1.97 bits per heavy atom. The molecule has 0 unspecified atom stereocenters. The smallest absolute Gasteiger partial charge is 0.295 e. The summed E-state index contributed by atoms with van der Waals surface area (Å²) in [5.74, 6) is 0.607. The van der Waals surface area contributed by atoms with Crippen LogP contribution in [0.15, 0.2) is 95.9 Å². The molecule has 33 heavy (non-hydrogen) atoms. The molecule has 0 radical (unpaired) electrons. The number of non-ortho nitro benzene ring substituents is 1. The van der Waals surface area contributed by atoms with Crippen molar-refractivity contribution in [1.29, 1.82) is 0 Å². The topological polar surface area (TPSA) is 107 Å². The van der Waals surface area contributed by atoms with Crippen LogP contribution in [0.1, 0.15) is 18.1 Å². The molecule has 1 N–H and O–H groups in total. The van der Waals surface area contributed by atoms with Gasteiger partial charge in [0.05, 0.1) is 11.5 Å². The van der Waals surface area contributed by atoms with Crippen LogP contribution in [0.4, 0.5) is 5.69 Å². The van der Waals surface area contributed by atoms with Gasteiger partial charge in [-0.1, -0.05) is 66.7 Å². The minimum atomic E-state index is -4.22. The molecule has 0 atom stereocenters. The average Bonchev–Trinajstić information content (AvgIpc) is 2.80. The SMILES string of the molecule is CCOc1ccc(S(=O)(=O)O)c2ccccc12.O=[N+]([O-])c1ccc(Cc2ccccc2)cc1. The number of nitro groups is 1. The van der Waals surface area contributed by atoms with Crippen LogP contribution in [0.5, 0.6) is 5.75 Å². The van der Waals surface area contributed by atoms with Crippen LogP contribution in [0.25, 0.3) is 10.8 Å². The summed E-state index contributed by atoms with van der Waals surface area (Å²) >= 11 is 0. The van der Waals surface area contributed by atoms with Crippen molar-refractivity contribution < 1.29 is 22.6 Å². The molecule has 7 nitrogen and oxygen atoms in total. The van der Waals surface area contributed by atoms with E-state index in [1.54, 1.807) is 42.5 Å².